The Morgan fingerprint density at radius 1 is 1.41 bits per heavy atom. The summed E-state index contributed by atoms with van der Waals surface area (Å²) in [5.41, 5.74) is 2.14. The molecule has 22 heavy (non-hydrogen) atoms. The van der Waals surface area contributed by atoms with Crippen LogP contribution >= 0.6 is 11.8 Å². The van der Waals surface area contributed by atoms with E-state index in [0.717, 1.165) is 41.0 Å². The van der Waals surface area contributed by atoms with Gasteiger partial charge in [-0.25, -0.2) is 15.0 Å². The van der Waals surface area contributed by atoms with Crippen molar-refractivity contribution in [3.05, 3.63) is 29.5 Å². The SMILES string of the molecule is CSc1ncc(CNc2cc(C3CC(O)C3)nc(C)n2)n1C. The summed E-state index contributed by atoms with van der Waals surface area (Å²) in [5, 5.41) is 13.8. The Labute approximate surface area is 134 Å². The topological polar surface area (TPSA) is 75.9 Å². The van der Waals surface area contributed by atoms with E-state index in [-0.39, 0.29) is 6.10 Å². The molecular formula is C15H21N5OS. The number of nitrogens with zero attached hydrogens (tertiary/aromatic N) is 4. The molecule has 0 atom stereocenters. The monoisotopic (exact) mass is 319 g/mol. The van der Waals surface area contributed by atoms with Crippen LogP contribution in [0.2, 0.25) is 0 Å². The lowest BCUT2D eigenvalue weighted by Gasteiger charge is -2.31. The van der Waals surface area contributed by atoms with Gasteiger partial charge in [0.05, 0.1) is 24.5 Å². The third-order valence-corrected chi connectivity index (χ3v) is 4.81. The summed E-state index contributed by atoms with van der Waals surface area (Å²) in [4.78, 5) is 13.3. The fourth-order valence-electron chi connectivity index (χ4n) is 2.68. The largest absolute Gasteiger partial charge is 0.393 e. The summed E-state index contributed by atoms with van der Waals surface area (Å²) >= 11 is 1.63. The molecule has 0 saturated heterocycles. The molecule has 118 valence electrons. The van der Waals surface area contributed by atoms with E-state index in [1.165, 1.54) is 0 Å². The number of imidazole rings is 1. The summed E-state index contributed by atoms with van der Waals surface area (Å²) in [6.07, 6.45) is 5.34. The summed E-state index contributed by atoms with van der Waals surface area (Å²) < 4.78 is 2.08. The highest BCUT2D eigenvalue weighted by Crippen LogP contribution is 2.36. The molecule has 2 heterocycles. The minimum Gasteiger partial charge on any atom is -0.393 e. The zero-order valence-electron chi connectivity index (χ0n) is 13.1. The van der Waals surface area contributed by atoms with Crippen molar-refractivity contribution in [1.29, 1.82) is 0 Å². The number of thioether (sulfide) groups is 1. The van der Waals surface area contributed by atoms with Gasteiger partial charge in [0, 0.05) is 24.7 Å². The highest BCUT2D eigenvalue weighted by molar-refractivity contribution is 7.98. The molecule has 2 aromatic rings. The van der Waals surface area contributed by atoms with E-state index >= 15 is 0 Å². The average molecular weight is 319 g/mol. The van der Waals surface area contributed by atoms with E-state index in [1.807, 2.05) is 32.5 Å². The van der Waals surface area contributed by atoms with Gasteiger partial charge in [-0.1, -0.05) is 11.8 Å². The first-order valence-electron chi connectivity index (χ1n) is 7.39. The molecular weight excluding hydrogens is 298 g/mol. The maximum atomic E-state index is 9.46. The van der Waals surface area contributed by atoms with Crippen LogP contribution in [0, 0.1) is 6.92 Å². The Hall–Kier alpha value is -1.60. The van der Waals surface area contributed by atoms with Crippen LogP contribution in [-0.2, 0) is 13.6 Å². The summed E-state index contributed by atoms with van der Waals surface area (Å²) in [6, 6.07) is 2.00. The van der Waals surface area contributed by atoms with Gasteiger partial charge < -0.3 is 15.0 Å². The third kappa shape index (κ3) is 3.10. The first-order chi connectivity index (χ1) is 10.6. The number of hydrogen-bond donors (Lipinski definition) is 2. The van der Waals surface area contributed by atoms with Crippen molar-refractivity contribution in [3.8, 4) is 0 Å². The number of aromatic nitrogens is 4. The van der Waals surface area contributed by atoms with Gasteiger partial charge in [0.25, 0.3) is 0 Å². The van der Waals surface area contributed by atoms with Crippen LogP contribution in [0.1, 0.15) is 36.0 Å². The van der Waals surface area contributed by atoms with Gasteiger partial charge in [0.1, 0.15) is 11.6 Å². The quantitative estimate of drug-likeness (QED) is 0.822. The normalized spacial score (nSPS) is 20.7. The number of aliphatic hydroxyl groups excluding tert-OH is 1. The molecule has 6 nitrogen and oxygen atoms in total. The highest BCUT2D eigenvalue weighted by Gasteiger charge is 2.30. The third-order valence-electron chi connectivity index (χ3n) is 4.06. The van der Waals surface area contributed by atoms with Crippen LogP contribution in [0.3, 0.4) is 0 Å². The zero-order chi connectivity index (χ0) is 15.7. The Morgan fingerprint density at radius 2 is 2.18 bits per heavy atom. The number of nitrogens with one attached hydrogen (secondary N) is 1. The van der Waals surface area contributed by atoms with Gasteiger partial charge in [-0.3, -0.25) is 0 Å². The van der Waals surface area contributed by atoms with Crippen molar-refractivity contribution in [3.63, 3.8) is 0 Å². The average Bonchev–Trinajstić information content (AvgIpc) is 2.81. The second-order valence-corrected chi connectivity index (χ2v) is 6.47. The smallest absolute Gasteiger partial charge is 0.167 e. The van der Waals surface area contributed by atoms with Gasteiger partial charge in [-0.05, 0) is 26.0 Å². The molecule has 1 saturated carbocycles. The van der Waals surface area contributed by atoms with Crippen LogP contribution in [0.15, 0.2) is 17.4 Å². The summed E-state index contributed by atoms with van der Waals surface area (Å²) in [7, 11) is 2.02. The highest BCUT2D eigenvalue weighted by atomic mass is 32.2. The molecule has 3 rings (SSSR count). The summed E-state index contributed by atoms with van der Waals surface area (Å²) in [5.74, 6) is 1.95. The molecule has 0 bridgehead atoms. The van der Waals surface area contributed by atoms with E-state index < -0.39 is 0 Å². The number of hydrogen-bond acceptors (Lipinski definition) is 6. The molecule has 2 N–H and O–H groups in total. The second-order valence-electron chi connectivity index (χ2n) is 5.70. The van der Waals surface area contributed by atoms with Crippen molar-refractivity contribution >= 4 is 17.6 Å². The molecule has 2 aromatic heterocycles. The predicted octanol–water partition coefficient (Wildman–Crippen LogP) is 2.09. The zero-order valence-corrected chi connectivity index (χ0v) is 13.9. The number of rotatable bonds is 5. The number of aryl methyl sites for hydroxylation is 1. The van der Waals surface area contributed by atoms with Gasteiger partial charge in [-0.2, -0.15) is 0 Å². The molecule has 0 aromatic carbocycles. The molecule has 0 unspecified atom stereocenters. The second kappa shape index (κ2) is 6.26. The molecule has 7 heteroatoms. The number of aliphatic hydroxyl groups is 1. The van der Waals surface area contributed by atoms with Gasteiger partial charge in [-0.15, -0.1) is 0 Å². The lowest BCUT2D eigenvalue weighted by Crippen LogP contribution is -2.27. The van der Waals surface area contributed by atoms with Crippen LogP contribution in [0.4, 0.5) is 5.82 Å². The molecule has 1 aliphatic carbocycles. The van der Waals surface area contributed by atoms with Crippen molar-refractivity contribution in [1.82, 2.24) is 19.5 Å². The number of anilines is 1. The minimum absolute atomic E-state index is 0.170. The molecule has 1 aliphatic rings. The molecule has 0 aliphatic heterocycles. The van der Waals surface area contributed by atoms with Crippen LogP contribution < -0.4 is 5.32 Å². The fraction of sp³-hybridized carbons (Fsp3) is 0.533. The van der Waals surface area contributed by atoms with Crippen molar-refractivity contribution < 1.29 is 5.11 Å². The minimum atomic E-state index is -0.170. The standard InChI is InChI=1S/C15H21N5OS/c1-9-18-13(10-4-12(21)5-10)6-14(19-9)16-7-11-8-17-15(22-3)20(11)2/h6,8,10,12,21H,4-5,7H2,1-3H3,(H,16,18,19). The lowest BCUT2D eigenvalue weighted by molar-refractivity contribution is 0.0731. The van der Waals surface area contributed by atoms with Crippen molar-refractivity contribution in [2.45, 2.75) is 43.5 Å². The maximum absolute atomic E-state index is 9.46. The maximum Gasteiger partial charge on any atom is 0.167 e. The Balaban J connectivity index is 1.70. The fourth-order valence-corrected chi connectivity index (χ4v) is 3.23. The van der Waals surface area contributed by atoms with Crippen LogP contribution in [0.25, 0.3) is 0 Å². The van der Waals surface area contributed by atoms with E-state index in [1.54, 1.807) is 11.8 Å². The van der Waals surface area contributed by atoms with E-state index in [9.17, 15) is 5.11 Å². The van der Waals surface area contributed by atoms with E-state index in [4.69, 9.17) is 0 Å². The first-order valence-corrected chi connectivity index (χ1v) is 8.61. The predicted molar refractivity (Wildman–Crippen MR) is 87.1 cm³/mol. The van der Waals surface area contributed by atoms with Gasteiger partial charge >= 0.3 is 0 Å². The first kappa shape index (κ1) is 15.3. The molecule has 0 spiro atoms. The molecule has 1 fully saturated rings. The van der Waals surface area contributed by atoms with Crippen LogP contribution in [0.5, 0.6) is 0 Å². The Kier molecular flexibility index (Phi) is 4.35. The van der Waals surface area contributed by atoms with Crippen molar-refractivity contribution in [2.24, 2.45) is 7.05 Å². The van der Waals surface area contributed by atoms with E-state index in [2.05, 4.69) is 24.8 Å². The molecule has 0 radical (unpaired) electrons. The summed E-state index contributed by atoms with van der Waals surface area (Å²) in [6.45, 7) is 2.58. The van der Waals surface area contributed by atoms with Crippen LogP contribution in [-0.4, -0.2) is 37.0 Å². The molecule has 0 amide bonds. The van der Waals surface area contributed by atoms with Gasteiger partial charge in [0.2, 0.25) is 0 Å². The van der Waals surface area contributed by atoms with E-state index in [0.29, 0.717) is 12.5 Å². The lowest BCUT2D eigenvalue weighted by atomic mass is 9.80. The van der Waals surface area contributed by atoms with Gasteiger partial charge in [0.15, 0.2) is 5.16 Å². The van der Waals surface area contributed by atoms with Crippen molar-refractivity contribution in [2.75, 3.05) is 11.6 Å². The Morgan fingerprint density at radius 3 is 2.82 bits per heavy atom. The Bertz CT molecular complexity index is 666.